The van der Waals surface area contributed by atoms with Crippen molar-refractivity contribution in [3.05, 3.63) is 29.8 Å². The van der Waals surface area contributed by atoms with Crippen molar-refractivity contribution < 1.29 is 5.11 Å². The number of rotatable bonds is 6. The Labute approximate surface area is 103 Å². The summed E-state index contributed by atoms with van der Waals surface area (Å²) in [5, 5.41) is 13.0. The predicted octanol–water partition coefficient (Wildman–Crippen LogP) is 1.61. The lowest BCUT2D eigenvalue weighted by molar-refractivity contribution is 0.148. The molecular formula is C14H22N2O. The first-order valence-corrected chi connectivity index (χ1v) is 6.32. The maximum atomic E-state index is 9.71. The zero-order valence-electron chi connectivity index (χ0n) is 10.7. The molecule has 0 amide bonds. The van der Waals surface area contributed by atoms with Crippen LogP contribution in [0.5, 0.6) is 0 Å². The molecule has 0 aliphatic heterocycles. The summed E-state index contributed by atoms with van der Waals surface area (Å²) in [5.74, 6) is 0.554. The number of hydrogen-bond donors (Lipinski definition) is 2. The van der Waals surface area contributed by atoms with Crippen LogP contribution in [0, 0.1) is 5.92 Å². The van der Waals surface area contributed by atoms with Crippen LogP contribution in [0.2, 0.25) is 0 Å². The van der Waals surface area contributed by atoms with Gasteiger partial charge in [0.05, 0.1) is 6.10 Å². The van der Waals surface area contributed by atoms with E-state index in [0.29, 0.717) is 12.5 Å². The van der Waals surface area contributed by atoms with E-state index in [9.17, 15) is 5.11 Å². The fourth-order valence-corrected chi connectivity index (χ4v) is 1.92. The number of aliphatic hydroxyl groups is 1. The van der Waals surface area contributed by atoms with Gasteiger partial charge >= 0.3 is 0 Å². The number of nitrogens with zero attached hydrogens (tertiary/aromatic N) is 1. The molecule has 1 aliphatic carbocycles. The van der Waals surface area contributed by atoms with Gasteiger partial charge in [-0.3, -0.25) is 0 Å². The normalized spacial score (nSPS) is 16.9. The van der Waals surface area contributed by atoms with Crippen molar-refractivity contribution in [2.75, 3.05) is 25.5 Å². The second kappa shape index (κ2) is 5.52. The minimum Gasteiger partial charge on any atom is -0.392 e. The molecule has 94 valence electrons. The van der Waals surface area contributed by atoms with Crippen LogP contribution in [0.15, 0.2) is 24.3 Å². The Morgan fingerprint density at radius 1 is 1.29 bits per heavy atom. The van der Waals surface area contributed by atoms with Gasteiger partial charge in [-0.1, -0.05) is 12.1 Å². The number of anilines is 1. The number of hydrogen-bond acceptors (Lipinski definition) is 3. The number of nitrogens with one attached hydrogen (secondary N) is 1. The van der Waals surface area contributed by atoms with E-state index >= 15 is 0 Å². The summed E-state index contributed by atoms with van der Waals surface area (Å²) in [5.41, 5.74) is 2.48. The second-order valence-corrected chi connectivity index (χ2v) is 5.10. The van der Waals surface area contributed by atoms with Crippen LogP contribution in [0.3, 0.4) is 0 Å². The van der Waals surface area contributed by atoms with E-state index in [4.69, 9.17) is 0 Å². The molecule has 1 aromatic rings. The highest BCUT2D eigenvalue weighted by Crippen LogP contribution is 2.32. The molecule has 3 heteroatoms. The van der Waals surface area contributed by atoms with Gasteiger partial charge in [-0.2, -0.15) is 0 Å². The molecule has 0 saturated heterocycles. The molecule has 1 atom stereocenters. The van der Waals surface area contributed by atoms with E-state index in [2.05, 4.69) is 34.5 Å². The van der Waals surface area contributed by atoms with Gasteiger partial charge < -0.3 is 15.3 Å². The molecule has 0 bridgehead atoms. The Kier molecular flexibility index (Phi) is 4.02. The van der Waals surface area contributed by atoms with Crippen LogP contribution >= 0.6 is 0 Å². The molecule has 0 heterocycles. The van der Waals surface area contributed by atoms with Gasteiger partial charge in [-0.15, -0.1) is 0 Å². The van der Waals surface area contributed by atoms with Crippen molar-refractivity contribution in [1.29, 1.82) is 0 Å². The van der Waals surface area contributed by atoms with Crippen LogP contribution in [0.4, 0.5) is 5.69 Å². The Morgan fingerprint density at radius 2 is 1.94 bits per heavy atom. The van der Waals surface area contributed by atoms with Gasteiger partial charge in [0.25, 0.3) is 0 Å². The molecule has 0 aromatic heterocycles. The molecule has 3 nitrogen and oxygen atoms in total. The van der Waals surface area contributed by atoms with E-state index in [1.54, 1.807) is 0 Å². The zero-order valence-corrected chi connectivity index (χ0v) is 10.7. The maximum Gasteiger partial charge on any atom is 0.0692 e. The van der Waals surface area contributed by atoms with E-state index in [-0.39, 0.29) is 6.10 Å². The minimum absolute atomic E-state index is 0.156. The third-order valence-corrected chi connectivity index (χ3v) is 3.30. The molecule has 17 heavy (non-hydrogen) atoms. The van der Waals surface area contributed by atoms with Crippen molar-refractivity contribution in [3.63, 3.8) is 0 Å². The van der Waals surface area contributed by atoms with Crippen LogP contribution in [-0.4, -0.2) is 31.9 Å². The molecule has 2 rings (SSSR count). The van der Waals surface area contributed by atoms with Gasteiger partial charge in [-0.25, -0.2) is 0 Å². The van der Waals surface area contributed by atoms with Crippen molar-refractivity contribution in [1.82, 2.24) is 5.32 Å². The Bertz CT molecular complexity index is 344. The average Bonchev–Trinajstić information content (AvgIpc) is 3.13. The van der Waals surface area contributed by atoms with Crippen LogP contribution in [-0.2, 0) is 6.54 Å². The summed E-state index contributed by atoms with van der Waals surface area (Å²) in [7, 11) is 4.08. The summed E-state index contributed by atoms with van der Waals surface area (Å²) < 4.78 is 0. The monoisotopic (exact) mass is 234 g/mol. The van der Waals surface area contributed by atoms with E-state index in [1.807, 2.05) is 14.1 Å². The summed E-state index contributed by atoms with van der Waals surface area (Å²) >= 11 is 0. The molecule has 0 radical (unpaired) electrons. The highest BCUT2D eigenvalue weighted by atomic mass is 16.3. The average molecular weight is 234 g/mol. The number of benzene rings is 1. The summed E-state index contributed by atoms with van der Waals surface area (Å²) in [6.07, 6.45) is 2.23. The van der Waals surface area contributed by atoms with Crippen molar-refractivity contribution in [3.8, 4) is 0 Å². The quantitative estimate of drug-likeness (QED) is 0.785. The largest absolute Gasteiger partial charge is 0.392 e. The SMILES string of the molecule is CN(C)c1ccc(CNCC(O)C2CC2)cc1. The first-order valence-electron chi connectivity index (χ1n) is 6.32. The van der Waals surface area contributed by atoms with Gasteiger partial charge in [0.1, 0.15) is 0 Å². The van der Waals surface area contributed by atoms with Gasteiger partial charge in [0.2, 0.25) is 0 Å². The second-order valence-electron chi connectivity index (χ2n) is 5.10. The molecule has 2 N–H and O–H groups in total. The maximum absolute atomic E-state index is 9.71. The van der Waals surface area contributed by atoms with Crippen molar-refractivity contribution in [2.24, 2.45) is 5.92 Å². The predicted molar refractivity (Wildman–Crippen MR) is 71.2 cm³/mol. The molecule has 0 spiro atoms. The Morgan fingerprint density at radius 3 is 2.47 bits per heavy atom. The standard InChI is InChI=1S/C14H22N2O/c1-16(2)13-7-3-11(4-8-13)9-15-10-14(17)12-5-6-12/h3-4,7-8,12,14-15,17H,5-6,9-10H2,1-2H3. The topological polar surface area (TPSA) is 35.5 Å². The minimum atomic E-state index is -0.156. The molecule has 1 aliphatic rings. The third kappa shape index (κ3) is 3.72. The molecule has 1 saturated carbocycles. The van der Waals surface area contributed by atoms with Crippen LogP contribution < -0.4 is 10.2 Å². The first-order chi connectivity index (χ1) is 8.16. The molecule has 1 unspecified atom stereocenters. The van der Waals surface area contributed by atoms with Crippen LogP contribution in [0.1, 0.15) is 18.4 Å². The smallest absolute Gasteiger partial charge is 0.0692 e. The van der Waals surface area contributed by atoms with Gasteiger partial charge in [0.15, 0.2) is 0 Å². The molecule has 1 aromatic carbocycles. The fraction of sp³-hybridized carbons (Fsp3) is 0.571. The van der Waals surface area contributed by atoms with Crippen molar-refractivity contribution in [2.45, 2.75) is 25.5 Å². The summed E-state index contributed by atoms with van der Waals surface area (Å²) in [6.45, 7) is 1.54. The van der Waals surface area contributed by atoms with Crippen LogP contribution in [0.25, 0.3) is 0 Å². The lowest BCUT2D eigenvalue weighted by Crippen LogP contribution is -2.27. The Hall–Kier alpha value is -1.06. The van der Waals surface area contributed by atoms with E-state index < -0.39 is 0 Å². The molecule has 1 fully saturated rings. The summed E-state index contributed by atoms with van der Waals surface area (Å²) in [4.78, 5) is 2.09. The summed E-state index contributed by atoms with van der Waals surface area (Å²) in [6, 6.07) is 8.50. The zero-order chi connectivity index (χ0) is 12.3. The Balaban J connectivity index is 1.74. The fourth-order valence-electron chi connectivity index (χ4n) is 1.92. The van der Waals surface area contributed by atoms with Gasteiger partial charge in [0, 0.05) is 32.9 Å². The first kappa shape index (κ1) is 12.4. The third-order valence-electron chi connectivity index (χ3n) is 3.30. The van der Waals surface area contributed by atoms with Crippen molar-refractivity contribution >= 4 is 5.69 Å². The highest BCUT2D eigenvalue weighted by Gasteiger charge is 2.28. The highest BCUT2D eigenvalue weighted by molar-refractivity contribution is 5.45. The lowest BCUT2D eigenvalue weighted by atomic mass is 10.2. The number of aliphatic hydroxyl groups excluding tert-OH is 1. The lowest BCUT2D eigenvalue weighted by Gasteiger charge is -2.13. The van der Waals surface area contributed by atoms with Gasteiger partial charge in [-0.05, 0) is 36.5 Å². The molecular weight excluding hydrogens is 212 g/mol. The van der Waals surface area contributed by atoms with E-state index in [0.717, 1.165) is 6.54 Å². The van der Waals surface area contributed by atoms with E-state index in [1.165, 1.54) is 24.1 Å².